The summed E-state index contributed by atoms with van der Waals surface area (Å²) >= 11 is 0. The van der Waals surface area contributed by atoms with Crippen molar-refractivity contribution in [1.82, 2.24) is 0 Å². The fraction of sp³-hybridized carbons (Fsp3) is 0.600. The van der Waals surface area contributed by atoms with Crippen molar-refractivity contribution in [2.24, 2.45) is 0 Å². The maximum atomic E-state index is 5.03. The van der Waals surface area contributed by atoms with E-state index in [1.165, 1.54) is 19.3 Å². The highest BCUT2D eigenvalue weighted by atomic mass is 16.6. The second-order valence-electron chi connectivity index (χ2n) is 2.87. The van der Waals surface area contributed by atoms with Crippen LogP contribution in [0.4, 0.5) is 0 Å². The van der Waals surface area contributed by atoms with E-state index in [0.717, 1.165) is 13.0 Å². The molecule has 0 bridgehead atoms. The molecule has 1 rings (SSSR count). The van der Waals surface area contributed by atoms with Gasteiger partial charge in [0.25, 0.3) is 0 Å². The predicted molar refractivity (Wildman–Crippen MR) is 47.5 cm³/mol. The molecule has 0 radical (unpaired) electrons. The van der Waals surface area contributed by atoms with Crippen molar-refractivity contribution in [3.8, 4) is 0 Å². The molecule has 11 heavy (non-hydrogen) atoms. The van der Waals surface area contributed by atoms with E-state index in [0.29, 0.717) is 6.10 Å². The average molecular weight is 152 g/mol. The first-order valence-electron chi connectivity index (χ1n) is 4.32. The fourth-order valence-electron chi connectivity index (χ4n) is 0.966. The van der Waals surface area contributed by atoms with Crippen molar-refractivity contribution >= 4 is 0 Å². The summed E-state index contributed by atoms with van der Waals surface area (Å²) in [5.74, 6) is 0. The molecule has 1 unspecified atom stereocenters. The molecule has 1 aliphatic heterocycles. The van der Waals surface area contributed by atoms with Gasteiger partial charge in [0, 0.05) is 0 Å². The van der Waals surface area contributed by atoms with Crippen LogP contribution in [-0.2, 0) is 4.74 Å². The van der Waals surface area contributed by atoms with Crippen LogP contribution in [0.3, 0.4) is 0 Å². The normalized spacial score (nSPS) is 22.4. The maximum absolute atomic E-state index is 5.03. The predicted octanol–water partition coefficient (Wildman–Crippen LogP) is 2.69. The van der Waals surface area contributed by atoms with Crippen LogP contribution in [0.5, 0.6) is 0 Å². The third-order valence-electron chi connectivity index (χ3n) is 1.74. The van der Waals surface area contributed by atoms with Crippen LogP contribution in [-0.4, -0.2) is 12.7 Å². The van der Waals surface area contributed by atoms with Gasteiger partial charge in [-0.15, -0.1) is 6.58 Å². The van der Waals surface area contributed by atoms with E-state index in [4.69, 9.17) is 4.74 Å². The van der Waals surface area contributed by atoms with E-state index in [9.17, 15) is 0 Å². The molecule has 0 spiro atoms. The van der Waals surface area contributed by atoms with E-state index in [2.05, 4.69) is 18.7 Å². The Morgan fingerprint density at radius 1 is 1.36 bits per heavy atom. The van der Waals surface area contributed by atoms with Crippen LogP contribution in [0, 0.1) is 0 Å². The Bertz CT molecular complexity index is 134. The molecule has 0 aromatic carbocycles. The SMILES string of the molecule is C=CCCCC/C=C/C1CO1. The second-order valence-corrected chi connectivity index (χ2v) is 2.87. The molecular weight excluding hydrogens is 136 g/mol. The van der Waals surface area contributed by atoms with Crippen molar-refractivity contribution in [2.75, 3.05) is 6.61 Å². The second kappa shape index (κ2) is 5.14. The topological polar surface area (TPSA) is 12.5 Å². The van der Waals surface area contributed by atoms with Crippen LogP contribution in [0.15, 0.2) is 24.8 Å². The fourth-order valence-corrected chi connectivity index (χ4v) is 0.966. The molecule has 0 aromatic heterocycles. The first kappa shape index (κ1) is 8.54. The van der Waals surface area contributed by atoms with Crippen LogP contribution in [0.1, 0.15) is 25.7 Å². The largest absolute Gasteiger partial charge is 0.369 e. The number of epoxide rings is 1. The first-order valence-corrected chi connectivity index (χ1v) is 4.32. The summed E-state index contributed by atoms with van der Waals surface area (Å²) in [7, 11) is 0. The van der Waals surface area contributed by atoms with Gasteiger partial charge in [0.15, 0.2) is 0 Å². The number of unbranched alkanes of at least 4 members (excludes halogenated alkanes) is 3. The Balaban J connectivity index is 1.82. The monoisotopic (exact) mass is 152 g/mol. The zero-order valence-corrected chi connectivity index (χ0v) is 6.96. The van der Waals surface area contributed by atoms with E-state index < -0.39 is 0 Å². The summed E-state index contributed by atoms with van der Waals surface area (Å²) in [4.78, 5) is 0. The lowest BCUT2D eigenvalue weighted by molar-refractivity contribution is 0.439. The van der Waals surface area contributed by atoms with Gasteiger partial charge in [-0.05, 0) is 25.7 Å². The minimum atomic E-state index is 0.453. The summed E-state index contributed by atoms with van der Waals surface area (Å²) < 4.78 is 5.03. The van der Waals surface area contributed by atoms with Gasteiger partial charge in [0.2, 0.25) is 0 Å². The zero-order valence-electron chi connectivity index (χ0n) is 6.96. The molecule has 0 saturated carbocycles. The Labute approximate surface area is 68.8 Å². The summed E-state index contributed by atoms with van der Waals surface area (Å²) in [6, 6.07) is 0. The van der Waals surface area contributed by atoms with Crippen LogP contribution >= 0.6 is 0 Å². The van der Waals surface area contributed by atoms with E-state index in [1.54, 1.807) is 0 Å². The number of hydrogen-bond donors (Lipinski definition) is 0. The van der Waals surface area contributed by atoms with E-state index >= 15 is 0 Å². The van der Waals surface area contributed by atoms with Gasteiger partial charge < -0.3 is 4.74 Å². The Kier molecular flexibility index (Phi) is 3.99. The van der Waals surface area contributed by atoms with E-state index in [1.807, 2.05) is 6.08 Å². The van der Waals surface area contributed by atoms with Crippen molar-refractivity contribution in [3.63, 3.8) is 0 Å². The van der Waals surface area contributed by atoms with Crippen molar-refractivity contribution in [1.29, 1.82) is 0 Å². The molecule has 0 aromatic rings. The molecule has 1 atom stereocenters. The Morgan fingerprint density at radius 2 is 2.09 bits per heavy atom. The number of ether oxygens (including phenoxy) is 1. The van der Waals surface area contributed by atoms with E-state index in [-0.39, 0.29) is 0 Å². The lowest BCUT2D eigenvalue weighted by Gasteiger charge is -1.90. The molecule has 0 amide bonds. The highest BCUT2D eigenvalue weighted by molar-refractivity contribution is 4.95. The van der Waals surface area contributed by atoms with Gasteiger partial charge in [-0.1, -0.05) is 18.2 Å². The number of allylic oxidation sites excluding steroid dienone is 2. The van der Waals surface area contributed by atoms with Gasteiger partial charge in [-0.2, -0.15) is 0 Å². The highest BCUT2D eigenvalue weighted by Crippen LogP contribution is 2.11. The Hall–Kier alpha value is -0.560. The average Bonchev–Trinajstić information content (AvgIpc) is 2.80. The van der Waals surface area contributed by atoms with Gasteiger partial charge in [0.1, 0.15) is 0 Å². The van der Waals surface area contributed by atoms with Crippen molar-refractivity contribution in [2.45, 2.75) is 31.8 Å². The standard InChI is InChI=1S/C10H16O/c1-2-3-4-5-6-7-8-10-9-11-10/h2,7-8,10H,1,3-6,9H2/b8-7+. The van der Waals surface area contributed by atoms with Crippen LogP contribution in [0.2, 0.25) is 0 Å². The summed E-state index contributed by atoms with van der Waals surface area (Å²) in [6.45, 7) is 4.61. The summed E-state index contributed by atoms with van der Waals surface area (Å²) in [5.41, 5.74) is 0. The third-order valence-corrected chi connectivity index (χ3v) is 1.74. The first-order chi connectivity index (χ1) is 5.43. The molecule has 62 valence electrons. The number of rotatable bonds is 6. The third kappa shape index (κ3) is 4.79. The van der Waals surface area contributed by atoms with Crippen LogP contribution < -0.4 is 0 Å². The molecule has 0 N–H and O–H groups in total. The van der Waals surface area contributed by atoms with Gasteiger partial charge in [-0.25, -0.2) is 0 Å². The minimum Gasteiger partial charge on any atom is -0.369 e. The maximum Gasteiger partial charge on any atom is 0.0991 e. The molecule has 1 fully saturated rings. The van der Waals surface area contributed by atoms with Gasteiger partial charge in [-0.3, -0.25) is 0 Å². The molecule has 1 nitrogen and oxygen atoms in total. The lowest BCUT2D eigenvalue weighted by atomic mass is 10.2. The molecule has 0 aliphatic carbocycles. The van der Waals surface area contributed by atoms with Gasteiger partial charge >= 0.3 is 0 Å². The van der Waals surface area contributed by atoms with Crippen molar-refractivity contribution < 1.29 is 4.74 Å². The summed E-state index contributed by atoms with van der Waals surface area (Å²) in [6.07, 6.45) is 11.7. The molecular formula is C10H16O. The molecule has 1 aliphatic rings. The molecule has 1 heterocycles. The highest BCUT2D eigenvalue weighted by Gasteiger charge is 2.17. The van der Waals surface area contributed by atoms with Crippen LogP contribution in [0.25, 0.3) is 0 Å². The number of hydrogen-bond acceptors (Lipinski definition) is 1. The Morgan fingerprint density at radius 3 is 2.73 bits per heavy atom. The molecule has 1 saturated heterocycles. The summed E-state index contributed by atoms with van der Waals surface area (Å²) in [5, 5.41) is 0. The lowest BCUT2D eigenvalue weighted by Crippen LogP contribution is -1.75. The quantitative estimate of drug-likeness (QED) is 0.324. The smallest absolute Gasteiger partial charge is 0.0991 e. The zero-order chi connectivity index (χ0) is 7.94. The molecule has 1 heteroatoms. The van der Waals surface area contributed by atoms with Gasteiger partial charge in [0.05, 0.1) is 12.7 Å². The minimum absolute atomic E-state index is 0.453. The van der Waals surface area contributed by atoms with Crippen molar-refractivity contribution in [3.05, 3.63) is 24.8 Å².